The first kappa shape index (κ1) is 14.7. The van der Waals surface area contributed by atoms with Gasteiger partial charge in [-0.1, -0.05) is 41.5 Å². The third-order valence-corrected chi connectivity index (χ3v) is 4.59. The highest BCUT2D eigenvalue weighted by atomic mass is 16.5. The molecule has 3 aromatic rings. The van der Waals surface area contributed by atoms with Gasteiger partial charge in [0.15, 0.2) is 0 Å². The fourth-order valence-corrected chi connectivity index (χ4v) is 3.33. The molecule has 6 heteroatoms. The van der Waals surface area contributed by atoms with Gasteiger partial charge in [-0.15, -0.1) is 0 Å². The number of rotatable bonds is 3. The van der Waals surface area contributed by atoms with Crippen molar-refractivity contribution in [2.24, 2.45) is 0 Å². The summed E-state index contributed by atoms with van der Waals surface area (Å²) in [6, 6.07) is 16.8. The molecule has 4 rings (SSSR count). The van der Waals surface area contributed by atoms with Gasteiger partial charge in [-0.25, -0.2) is 4.68 Å². The average molecular weight is 321 g/mol. The van der Waals surface area contributed by atoms with Gasteiger partial charge in [0.25, 0.3) is 0 Å². The second-order valence-electron chi connectivity index (χ2n) is 6.03. The van der Waals surface area contributed by atoms with Gasteiger partial charge in [-0.3, -0.25) is 0 Å². The molecule has 24 heavy (non-hydrogen) atoms. The lowest BCUT2D eigenvalue weighted by Crippen LogP contribution is -2.28. The van der Waals surface area contributed by atoms with E-state index in [4.69, 9.17) is 4.74 Å². The summed E-state index contributed by atoms with van der Waals surface area (Å²) in [5.74, 6) is 1.55. The monoisotopic (exact) mass is 321 g/mol. The van der Waals surface area contributed by atoms with Crippen molar-refractivity contribution in [2.45, 2.75) is 25.4 Å². The maximum absolute atomic E-state index is 5.36. The molecule has 2 aromatic carbocycles. The number of benzene rings is 2. The van der Waals surface area contributed by atoms with E-state index in [1.807, 2.05) is 16.8 Å². The lowest BCUT2D eigenvalue weighted by atomic mass is 9.91. The summed E-state index contributed by atoms with van der Waals surface area (Å²) in [5, 5.41) is 15.6. The number of ether oxygens (including phenoxy) is 1. The van der Waals surface area contributed by atoms with Crippen molar-refractivity contribution < 1.29 is 4.74 Å². The molecule has 0 radical (unpaired) electrons. The fraction of sp³-hybridized carbons (Fsp3) is 0.278. The third-order valence-electron chi connectivity index (χ3n) is 4.59. The number of aromatic nitrogens is 4. The molecule has 1 aliphatic heterocycles. The number of methoxy groups -OCH3 is 1. The van der Waals surface area contributed by atoms with Crippen LogP contribution >= 0.6 is 0 Å². The molecule has 0 spiro atoms. The van der Waals surface area contributed by atoms with Gasteiger partial charge in [0.05, 0.1) is 19.2 Å². The number of fused-ring (bicyclic) bond motifs is 1. The van der Waals surface area contributed by atoms with E-state index in [0.29, 0.717) is 5.95 Å². The first-order valence-corrected chi connectivity index (χ1v) is 8.00. The van der Waals surface area contributed by atoms with E-state index in [9.17, 15) is 0 Å². The van der Waals surface area contributed by atoms with Gasteiger partial charge in [0.2, 0.25) is 5.95 Å². The van der Waals surface area contributed by atoms with E-state index in [2.05, 4.69) is 64.2 Å². The maximum Gasteiger partial charge on any atom is 0.243 e. The highest BCUT2D eigenvalue weighted by molar-refractivity contribution is 5.41. The summed E-state index contributed by atoms with van der Waals surface area (Å²) in [4.78, 5) is 0. The molecule has 0 saturated heterocycles. The zero-order chi connectivity index (χ0) is 16.5. The number of aryl methyl sites for hydroxylation is 1. The van der Waals surface area contributed by atoms with E-state index < -0.39 is 0 Å². The quantitative estimate of drug-likeness (QED) is 0.803. The van der Waals surface area contributed by atoms with Crippen LogP contribution in [0.2, 0.25) is 0 Å². The number of nitrogens with zero attached hydrogens (tertiary/aromatic N) is 4. The topological polar surface area (TPSA) is 64.9 Å². The van der Waals surface area contributed by atoms with Gasteiger partial charge < -0.3 is 10.1 Å². The van der Waals surface area contributed by atoms with Gasteiger partial charge in [0.1, 0.15) is 5.75 Å². The molecule has 122 valence electrons. The Morgan fingerprint density at radius 2 is 2.04 bits per heavy atom. The molecule has 0 bridgehead atoms. The summed E-state index contributed by atoms with van der Waals surface area (Å²) < 4.78 is 7.23. The fourth-order valence-electron chi connectivity index (χ4n) is 3.33. The molecule has 2 heterocycles. The molecular weight excluding hydrogens is 302 g/mol. The first-order valence-electron chi connectivity index (χ1n) is 8.00. The molecule has 0 saturated carbocycles. The van der Waals surface area contributed by atoms with Crippen LogP contribution in [0.4, 0.5) is 5.95 Å². The van der Waals surface area contributed by atoms with E-state index in [-0.39, 0.29) is 12.1 Å². The second-order valence-corrected chi connectivity index (χ2v) is 6.03. The predicted octanol–water partition coefficient (Wildman–Crippen LogP) is 3.14. The van der Waals surface area contributed by atoms with E-state index in [0.717, 1.165) is 12.2 Å². The third kappa shape index (κ3) is 2.50. The molecule has 1 aliphatic rings. The van der Waals surface area contributed by atoms with E-state index >= 15 is 0 Å². The Morgan fingerprint density at radius 3 is 2.88 bits per heavy atom. The minimum absolute atomic E-state index is 0.105. The summed E-state index contributed by atoms with van der Waals surface area (Å²) in [5.41, 5.74) is 3.66. The zero-order valence-corrected chi connectivity index (χ0v) is 13.7. The SMILES string of the molecule is COc1cccc([C@@H]2C[C@@H](c3ccccc3C)n3nnnc3N2)c1. The van der Waals surface area contributed by atoms with Gasteiger partial charge in [0, 0.05) is 0 Å². The Bertz CT molecular complexity index is 860. The summed E-state index contributed by atoms with van der Waals surface area (Å²) >= 11 is 0. The number of hydrogen-bond acceptors (Lipinski definition) is 5. The minimum Gasteiger partial charge on any atom is -0.497 e. The number of anilines is 1. The maximum atomic E-state index is 5.36. The summed E-state index contributed by atoms with van der Waals surface area (Å²) in [6.45, 7) is 2.13. The van der Waals surface area contributed by atoms with Gasteiger partial charge in [-0.05, 0) is 52.6 Å². The van der Waals surface area contributed by atoms with Crippen molar-refractivity contribution in [3.63, 3.8) is 0 Å². The molecule has 1 N–H and O–H groups in total. The normalized spacial score (nSPS) is 19.4. The zero-order valence-electron chi connectivity index (χ0n) is 13.7. The smallest absolute Gasteiger partial charge is 0.243 e. The van der Waals surface area contributed by atoms with E-state index in [1.54, 1.807) is 7.11 Å². The molecule has 0 fully saturated rings. The lowest BCUT2D eigenvalue weighted by Gasteiger charge is -2.31. The Kier molecular flexibility index (Phi) is 3.65. The average Bonchev–Trinajstić information content (AvgIpc) is 3.10. The highest BCUT2D eigenvalue weighted by Gasteiger charge is 2.31. The van der Waals surface area contributed by atoms with Crippen LogP contribution in [0.5, 0.6) is 5.75 Å². The van der Waals surface area contributed by atoms with Gasteiger partial charge in [-0.2, -0.15) is 0 Å². The van der Waals surface area contributed by atoms with Crippen LogP contribution in [0.1, 0.15) is 35.2 Å². The Labute approximate surface area is 140 Å². The lowest BCUT2D eigenvalue weighted by molar-refractivity contribution is 0.408. The standard InChI is InChI=1S/C18H19N5O/c1-12-6-3-4-9-15(12)17-11-16(19-18-20-21-22-23(17)18)13-7-5-8-14(10-13)24-2/h3-10,16-17H,11H2,1-2H3,(H,19,20,22)/t16-,17-/m0/s1. The molecular formula is C18H19N5O. The molecule has 2 atom stereocenters. The van der Waals surface area contributed by atoms with Crippen LogP contribution in [0, 0.1) is 6.92 Å². The van der Waals surface area contributed by atoms with Gasteiger partial charge >= 0.3 is 0 Å². The second kappa shape index (κ2) is 5.96. The van der Waals surface area contributed by atoms with Crippen LogP contribution in [-0.2, 0) is 0 Å². The Balaban J connectivity index is 1.75. The van der Waals surface area contributed by atoms with Crippen LogP contribution in [0.3, 0.4) is 0 Å². The van der Waals surface area contributed by atoms with Crippen LogP contribution in [0.25, 0.3) is 0 Å². The first-order chi connectivity index (χ1) is 11.8. The predicted molar refractivity (Wildman–Crippen MR) is 91.1 cm³/mol. The van der Waals surface area contributed by atoms with Crippen LogP contribution in [0.15, 0.2) is 48.5 Å². The molecule has 0 unspecified atom stereocenters. The summed E-state index contributed by atoms with van der Waals surface area (Å²) in [7, 11) is 1.68. The molecule has 0 aliphatic carbocycles. The number of hydrogen-bond donors (Lipinski definition) is 1. The van der Waals surface area contributed by atoms with Crippen molar-refractivity contribution in [1.29, 1.82) is 0 Å². The highest BCUT2D eigenvalue weighted by Crippen LogP contribution is 2.38. The van der Waals surface area contributed by atoms with E-state index in [1.165, 1.54) is 16.7 Å². The largest absolute Gasteiger partial charge is 0.497 e. The Hall–Kier alpha value is -2.89. The summed E-state index contributed by atoms with van der Waals surface area (Å²) in [6.07, 6.45) is 0.871. The van der Waals surface area contributed by atoms with Crippen molar-refractivity contribution in [1.82, 2.24) is 20.2 Å². The van der Waals surface area contributed by atoms with Crippen LogP contribution < -0.4 is 10.1 Å². The number of tetrazole rings is 1. The molecule has 0 amide bonds. The van der Waals surface area contributed by atoms with Crippen molar-refractivity contribution in [2.75, 3.05) is 12.4 Å². The molecule has 1 aromatic heterocycles. The number of nitrogens with one attached hydrogen (secondary N) is 1. The Morgan fingerprint density at radius 1 is 1.17 bits per heavy atom. The van der Waals surface area contributed by atoms with Crippen LogP contribution in [-0.4, -0.2) is 27.3 Å². The minimum atomic E-state index is 0.105. The van der Waals surface area contributed by atoms with Crippen molar-refractivity contribution in [3.8, 4) is 5.75 Å². The van der Waals surface area contributed by atoms with Crippen molar-refractivity contribution in [3.05, 3.63) is 65.2 Å². The molecule has 6 nitrogen and oxygen atoms in total. The van der Waals surface area contributed by atoms with Crippen molar-refractivity contribution >= 4 is 5.95 Å².